The number of hydrogen-bond acceptors (Lipinski definition) is 7. The zero-order chi connectivity index (χ0) is 30.2. The molecule has 2 amide bonds. The molecule has 2 saturated heterocycles. The summed E-state index contributed by atoms with van der Waals surface area (Å²) in [5, 5.41) is 1.40. The minimum absolute atomic E-state index is 0.0351. The van der Waals surface area contributed by atoms with Crippen molar-refractivity contribution in [3.8, 4) is 5.75 Å². The van der Waals surface area contributed by atoms with Crippen molar-refractivity contribution in [1.29, 1.82) is 0 Å². The molecule has 1 N–H and O–H groups in total. The Balaban J connectivity index is 1.42. The number of H-pyrrole nitrogens is 1. The topological polar surface area (TPSA) is 95.2 Å². The molecule has 1 atom stereocenters. The molecular formula is C29H30F4N4O5. The second-order valence-corrected chi connectivity index (χ2v) is 10.5. The minimum atomic E-state index is -4.16. The Labute approximate surface area is 238 Å². The van der Waals surface area contributed by atoms with Crippen LogP contribution >= 0.6 is 0 Å². The molecule has 42 heavy (non-hydrogen) atoms. The van der Waals surface area contributed by atoms with Gasteiger partial charge in [-0.15, -0.1) is 5.06 Å². The number of piperazine rings is 1. The number of benzene rings is 2. The van der Waals surface area contributed by atoms with Crippen LogP contribution in [0.25, 0.3) is 10.9 Å². The fourth-order valence-electron chi connectivity index (χ4n) is 5.51. The van der Waals surface area contributed by atoms with Crippen LogP contribution in [-0.2, 0) is 21.0 Å². The number of rotatable bonds is 9. The third-order valence-electron chi connectivity index (χ3n) is 7.73. The third-order valence-corrected chi connectivity index (χ3v) is 7.73. The molecule has 3 heterocycles. The standard InChI is InChI=1S/C29H30F4N4O5/c1-17-13-23(41-2)21(20-9-10-34-26(17)20)14-36-12-11-35(16-29(32,33)28(30)31)15-22(36)18-3-5-19(6-4-18)27(40)42-37-24(38)7-8-25(37)39/h3-6,9-10,13,22,28,34H,7-8,11-12,14-16H2,1-2H3/t22-/m0/s1. The van der Waals surface area contributed by atoms with E-state index in [1.54, 1.807) is 19.2 Å². The Morgan fingerprint density at radius 1 is 1.10 bits per heavy atom. The fraction of sp³-hybridized carbons (Fsp3) is 0.414. The van der Waals surface area contributed by atoms with Gasteiger partial charge < -0.3 is 14.6 Å². The molecule has 2 aliphatic heterocycles. The molecule has 0 bridgehead atoms. The van der Waals surface area contributed by atoms with Gasteiger partial charge in [0.2, 0.25) is 0 Å². The number of amides is 2. The molecule has 13 heteroatoms. The molecule has 2 aliphatic rings. The van der Waals surface area contributed by atoms with Crippen molar-refractivity contribution in [2.24, 2.45) is 0 Å². The number of nitrogens with zero attached hydrogens (tertiary/aromatic N) is 3. The summed E-state index contributed by atoms with van der Waals surface area (Å²) in [4.78, 5) is 47.8. The van der Waals surface area contributed by atoms with Gasteiger partial charge in [0.25, 0.3) is 11.8 Å². The summed E-state index contributed by atoms with van der Waals surface area (Å²) in [6.45, 7) is 1.73. The lowest BCUT2D eigenvalue weighted by Crippen LogP contribution is -2.52. The van der Waals surface area contributed by atoms with Gasteiger partial charge in [-0.2, -0.15) is 8.78 Å². The molecule has 9 nitrogen and oxygen atoms in total. The first-order chi connectivity index (χ1) is 20.0. The first-order valence-electron chi connectivity index (χ1n) is 13.4. The number of carbonyl (C=O) groups is 3. The molecule has 5 rings (SSSR count). The van der Waals surface area contributed by atoms with Crippen LogP contribution in [-0.4, -0.2) is 83.3 Å². The van der Waals surface area contributed by atoms with Crippen molar-refractivity contribution in [1.82, 2.24) is 19.8 Å². The molecule has 2 aromatic carbocycles. The van der Waals surface area contributed by atoms with E-state index in [-0.39, 0.29) is 31.5 Å². The highest BCUT2D eigenvalue weighted by Crippen LogP contribution is 2.36. The summed E-state index contributed by atoms with van der Waals surface area (Å²) in [6, 6.07) is 9.49. The summed E-state index contributed by atoms with van der Waals surface area (Å²) in [5.74, 6) is -5.61. The number of alkyl halides is 4. The molecule has 0 aliphatic carbocycles. The number of ether oxygens (including phenoxy) is 1. The van der Waals surface area contributed by atoms with Gasteiger partial charge in [0.1, 0.15) is 5.75 Å². The minimum Gasteiger partial charge on any atom is -0.496 e. The second kappa shape index (κ2) is 11.7. The van der Waals surface area contributed by atoms with E-state index in [9.17, 15) is 31.9 Å². The number of carbonyl (C=O) groups excluding carboxylic acids is 3. The van der Waals surface area contributed by atoms with Crippen LogP contribution < -0.4 is 4.74 Å². The van der Waals surface area contributed by atoms with Gasteiger partial charge in [0.15, 0.2) is 0 Å². The monoisotopic (exact) mass is 590 g/mol. The average molecular weight is 591 g/mol. The van der Waals surface area contributed by atoms with Gasteiger partial charge >= 0.3 is 18.3 Å². The highest BCUT2D eigenvalue weighted by atomic mass is 19.3. The van der Waals surface area contributed by atoms with Crippen molar-refractivity contribution in [3.63, 3.8) is 0 Å². The Morgan fingerprint density at radius 2 is 1.79 bits per heavy atom. The van der Waals surface area contributed by atoms with E-state index in [1.165, 1.54) is 17.0 Å². The second-order valence-electron chi connectivity index (χ2n) is 10.5. The maximum Gasteiger partial charge on any atom is 0.363 e. The first kappa shape index (κ1) is 29.5. The van der Waals surface area contributed by atoms with Crippen molar-refractivity contribution in [2.45, 2.75) is 44.7 Å². The molecule has 0 radical (unpaired) electrons. The predicted molar refractivity (Wildman–Crippen MR) is 143 cm³/mol. The van der Waals surface area contributed by atoms with Crippen molar-refractivity contribution in [3.05, 3.63) is 64.8 Å². The van der Waals surface area contributed by atoms with E-state index >= 15 is 0 Å². The number of aromatic amines is 1. The molecule has 0 spiro atoms. The van der Waals surface area contributed by atoms with E-state index < -0.39 is 42.7 Å². The summed E-state index contributed by atoms with van der Waals surface area (Å²) < 4.78 is 59.7. The average Bonchev–Trinajstić information content (AvgIpc) is 3.58. The van der Waals surface area contributed by atoms with E-state index in [0.717, 1.165) is 22.0 Å². The SMILES string of the molecule is COc1cc(C)c2[nH]ccc2c1CN1CCN(CC(F)(F)C(F)F)C[C@H]1c1ccc(C(=O)ON2C(=O)CCC2=O)cc1. The maximum atomic E-state index is 14.0. The van der Waals surface area contributed by atoms with E-state index in [2.05, 4.69) is 9.88 Å². The highest BCUT2D eigenvalue weighted by Gasteiger charge is 2.44. The molecule has 0 unspecified atom stereocenters. The number of imide groups is 1. The van der Waals surface area contributed by atoms with Crippen molar-refractivity contribution in [2.75, 3.05) is 33.3 Å². The van der Waals surface area contributed by atoms with Crippen LogP contribution in [0.4, 0.5) is 17.6 Å². The van der Waals surface area contributed by atoms with Gasteiger partial charge in [-0.1, -0.05) is 12.1 Å². The van der Waals surface area contributed by atoms with Crippen LogP contribution in [0.5, 0.6) is 5.75 Å². The Hall–Kier alpha value is -3.97. The van der Waals surface area contributed by atoms with Gasteiger partial charge in [0, 0.05) is 67.7 Å². The highest BCUT2D eigenvalue weighted by molar-refractivity contribution is 6.02. The van der Waals surface area contributed by atoms with Gasteiger partial charge in [-0.05, 0) is 42.3 Å². The Kier molecular flexibility index (Phi) is 8.24. The van der Waals surface area contributed by atoms with E-state index in [4.69, 9.17) is 9.57 Å². The van der Waals surface area contributed by atoms with E-state index in [1.807, 2.05) is 25.3 Å². The molecule has 2 fully saturated rings. The summed E-state index contributed by atoms with van der Waals surface area (Å²) in [5.41, 5.74) is 3.54. The van der Waals surface area contributed by atoms with Gasteiger partial charge in [0.05, 0.1) is 19.2 Å². The predicted octanol–water partition coefficient (Wildman–Crippen LogP) is 4.47. The molecule has 224 valence electrons. The smallest absolute Gasteiger partial charge is 0.363 e. The Bertz CT molecular complexity index is 1480. The largest absolute Gasteiger partial charge is 0.496 e. The molecular weight excluding hydrogens is 560 g/mol. The number of hydrogen-bond donors (Lipinski definition) is 1. The first-order valence-corrected chi connectivity index (χ1v) is 13.4. The number of nitrogens with one attached hydrogen (secondary N) is 1. The fourth-order valence-corrected chi connectivity index (χ4v) is 5.51. The number of hydroxylamine groups is 2. The maximum absolute atomic E-state index is 14.0. The summed E-state index contributed by atoms with van der Waals surface area (Å²) in [7, 11) is 1.57. The number of fused-ring (bicyclic) bond motifs is 1. The summed E-state index contributed by atoms with van der Waals surface area (Å²) >= 11 is 0. The number of aromatic nitrogens is 1. The lowest BCUT2D eigenvalue weighted by atomic mass is 9.98. The zero-order valence-corrected chi connectivity index (χ0v) is 23.0. The van der Waals surface area contributed by atoms with Crippen molar-refractivity contribution >= 4 is 28.7 Å². The zero-order valence-electron chi connectivity index (χ0n) is 23.0. The number of methoxy groups -OCH3 is 1. The van der Waals surface area contributed by atoms with Crippen molar-refractivity contribution < 1.29 is 41.5 Å². The van der Waals surface area contributed by atoms with Crippen LogP contribution in [0.2, 0.25) is 0 Å². The third kappa shape index (κ3) is 5.84. The van der Waals surface area contributed by atoms with E-state index in [0.29, 0.717) is 29.5 Å². The number of aryl methyl sites for hydroxylation is 1. The van der Waals surface area contributed by atoms with Crippen LogP contribution in [0.1, 0.15) is 45.9 Å². The van der Waals surface area contributed by atoms with Crippen LogP contribution in [0.15, 0.2) is 42.6 Å². The van der Waals surface area contributed by atoms with Crippen LogP contribution in [0, 0.1) is 6.92 Å². The van der Waals surface area contributed by atoms with Crippen LogP contribution in [0.3, 0.4) is 0 Å². The lowest BCUT2D eigenvalue weighted by Gasteiger charge is -2.42. The van der Waals surface area contributed by atoms with Gasteiger partial charge in [-0.3, -0.25) is 19.4 Å². The Morgan fingerprint density at radius 3 is 2.43 bits per heavy atom. The number of halogens is 4. The van der Waals surface area contributed by atoms with Gasteiger partial charge in [-0.25, -0.2) is 13.6 Å². The molecule has 1 aromatic heterocycles. The summed E-state index contributed by atoms with van der Waals surface area (Å²) in [6.07, 6.45) is -2.04. The lowest BCUT2D eigenvalue weighted by molar-refractivity contribution is -0.172. The molecule has 3 aromatic rings. The quantitative estimate of drug-likeness (QED) is 0.291. The normalized spacial score (nSPS) is 18.8. The molecule has 0 saturated carbocycles.